The standard InChI is InChI=1S/C15H16N4O4/c1-3-18(2)11-7-4-10(5-8-11)6-9-12-13(19(22)23)14(20)17-15(21)16-12/h4-9H,3H2,1-2H3,(H2,16,17,20,21). The average molecular weight is 316 g/mol. The van der Waals surface area contributed by atoms with E-state index in [1.807, 2.05) is 43.2 Å². The molecule has 120 valence electrons. The molecule has 2 rings (SSSR count). The van der Waals surface area contributed by atoms with Gasteiger partial charge in [-0.15, -0.1) is 0 Å². The maximum absolute atomic E-state index is 11.5. The number of anilines is 1. The topological polar surface area (TPSA) is 112 Å². The second-order valence-electron chi connectivity index (χ2n) is 4.87. The Hall–Kier alpha value is -3.16. The van der Waals surface area contributed by atoms with Crippen molar-refractivity contribution in [2.24, 2.45) is 0 Å². The van der Waals surface area contributed by atoms with Crippen LogP contribution in [0.5, 0.6) is 0 Å². The number of rotatable bonds is 5. The lowest BCUT2D eigenvalue weighted by Gasteiger charge is -2.16. The molecule has 0 spiro atoms. The zero-order valence-electron chi connectivity index (χ0n) is 12.7. The Bertz CT molecular complexity index is 849. The van der Waals surface area contributed by atoms with Gasteiger partial charge in [0.1, 0.15) is 5.69 Å². The summed E-state index contributed by atoms with van der Waals surface area (Å²) in [7, 11) is 1.97. The second-order valence-corrected chi connectivity index (χ2v) is 4.87. The van der Waals surface area contributed by atoms with E-state index in [-0.39, 0.29) is 5.69 Å². The van der Waals surface area contributed by atoms with Gasteiger partial charge in [-0.05, 0) is 30.7 Å². The molecule has 0 fully saturated rings. The summed E-state index contributed by atoms with van der Waals surface area (Å²) in [5.41, 5.74) is -0.825. The Balaban J connectivity index is 2.35. The van der Waals surface area contributed by atoms with Gasteiger partial charge in [0, 0.05) is 19.3 Å². The summed E-state index contributed by atoms with van der Waals surface area (Å²) < 4.78 is 0. The van der Waals surface area contributed by atoms with Crippen molar-refractivity contribution in [2.75, 3.05) is 18.5 Å². The monoisotopic (exact) mass is 316 g/mol. The van der Waals surface area contributed by atoms with E-state index in [9.17, 15) is 19.7 Å². The highest BCUT2D eigenvalue weighted by Gasteiger charge is 2.18. The molecule has 0 radical (unpaired) electrons. The highest BCUT2D eigenvalue weighted by molar-refractivity contribution is 5.72. The molecule has 1 aromatic carbocycles. The molecule has 0 saturated carbocycles. The highest BCUT2D eigenvalue weighted by atomic mass is 16.6. The normalized spacial score (nSPS) is 10.9. The minimum Gasteiger partial charge on any atom is -0.375 e. The fourth-order valence-corrected chi connectivity index (χ4v) is 2.00. The quantitative estimate of drug-likeness (QED) is 0.642. The van der Waals surface area contributed by atoms with Crippen LogP contribution in [0.3, 0.4) is 0 Å². The highest BCUT2D eigenvalue weighted by Crippen LogP contribution is 2.16. The Kier molecular flexibility index (Phi) is 4.75. The van der Waals surface area contributed by atoms with Crippen LogP contribution in [0, 0.1) is 10.1 Å². The molecule has 8 heteroatoms. The number of benzene rings is 1. The van der Waals surface area contributed by atoms with Gasteiger partial charge in [0.2, 0.25) is 0 Å². The number of nitrogens with zero attached hydrogens (tertiary/aromatic N) is 2. The van der Waals surface area contributed by atoms with Gasteiger partial charge in [-0.1, -0.05) is 18.2 Å². The van der Waals surface area contributed by atoms with Crippen LogP contribution >= 0.6 is 0 Å². The first-order chi connectivity index (χ1) is 10.9. The van der Waals surface area contributed by atoms with Gasteiger partial charge >= 0.3 is 16.9 Å². The zero-order chi connectivity index (χ0) is 17.0. The van der Waals surface area contributed by atoms with Crippen molar-refractivity contribution in [3.63, 3.8) is 0 Å². The zero-order valence-corrected chi connectivity index (χ0v) is 12.7. The molecule has 23 heavy (non-hydrogen) atoms. The van der Waals surface area contributed by atoms with Crippen LogP contribution in [0.4, 0.5) is 11.4 Å². The summed E-state index contributed by atoms with van der Waals surface area (Å²) in [6.07, 6.45) is 2.93. The molecule has 8 nitrogen and oxygen atoms in total. The van der Waals surface area contributed by atoms with E-state index < -0.39 is 21.9 Å². The third kappa shape index (κ3) is 3.73. The van der Waals surface area contributed by atoms with Crippen LogP contribution < -0.4 is 16.1 Å². The van der Waals surface area contributed by atoms with Crippen molar-refractivity contribution in [1.82, 2.24) is 9.97 Å². The van der Waals surface area contributed by atoms with E-state index >= 15 is 0 Å². The van der Waals surface area contributed by atoms with Crippen LogP contribution in [0.25, 0.3) is 12.2 Å². The van der Waals surface area contributed by atoms with Crippen molar-refractivity contribution in [3.05, 3.63) is 66.5 Å². The van der Waals surface area contributed by atoms with Crippen LogP contribution in [-0.4, -0.2) is 28.5 Å². The molecule has 0 aliphatic rings. The van der Waals surface area contributed by atoms with Crippen LogP contribution in [-0.2, 0) is 0 Å². The van der Waals surface area contributed by atoms with Gasteiger partial charge in [0.15, 0.2) is 0 Å². The van der Waals surface area contributed by atoms with Gasteiger partial charge in [0.25, 0.3) is 0 Å². The van der Waals surface area contributed by atoms with Crippen LogP contribution in [0.2, 0.25) is 0 Å². The number of nitro groups is 1. The predicted octanol–water partition coefficient (Wildman–Crippen LogP) is 1.60. The third-order valence-corrected chi connectivity index (χ3v) is 3.38. The molecule has 2 aromatic rings. The van der Waals surface area contributed by atoms with Crippen molar-refractivity contribution < 1.29 is 4.92 Å². The number of hydrogen-bond acceptors (Lipinski definition) is 5. The van der Waals surface area contributed by atoms with E-state index in [2.05, 4.69) is 9.88 Å². The molecule has 0 atom stereocenters. The third-order valence-electron chi connectivity index (χ3n) is 3.38. The number of aromatic amines is 2. The van der Waals surface area contributed by atoms with Gasteiger partial charge in [-0.3, -0.25) is 19.9 Å². The van der Waals surface area contributed by atoms with Crippen LogP contribution in [0.15, 0.2) is 33.9 Å². The molecule has 0 aliphatic heterocycles. The van der Waals surface area contributed by atoms with E-state index in [1.165, 1.54) is 6.08 Å². The molecule has 0 bridgehead atoms. The fraction of sp³-hybridized carbons (Fsp3) is 0.200. The molecule has 1 heterocycles. The number of nitrogens with one attached hydrogen (secondary N) is 2. The second kappa shape index (κ2) is 6.73. The van der Waals surface area contributed by atoms with Crippen LogP contribution in [0.1, 0.15) is 18.2 Å². The summed E-state index contributed by atoms with van der Waals surface area (Å²) >= 11 is 0. The first-order valence-corrected chi connectivity index (χ1v) is 6.92. The van der Waals surface area contributed by atoms with Gasteiger partial charge < -0.3 is 9.88 Å². The number of H-pyrrole nitrogens is 2. The molecule has 0 saturated heterocycles. The van der Waals surface area contributed by atoms with Crippen molar-refractivity contribution in [2.45, 2.75) is 6.92 Å². The van der Waals surface area contributed by atoms with E-state index in [1.54, 1.807) is 6.08 Å². The van der Waals surface area contributed by atoms with E-state index in [0.717, 1.165) is 17.8 Å². The Morgan fingerprint density at radius 3 is 2.39 bits per heavy atom. The van der Waals surface area contributed by atoms with Crippen molar-refractivity contribution in [1.29, 1.82) is 0 Å². The molecular weight excluding hydrogens is 300 g/mol. The Labute approximate surface area is 131 Å². The van der Waals surface area contributed by atoms with E-state index in [0.29, 0.717) is 0 Å². The van der Waals surface area contributed by atoms with Crippen molar-refractivity contribution >= 4 is 23.5 Å². The average Bonchev–Trinajstić information content (AvgIpc) is 2.51. The molecule has 0 amide bonds. The summed E-state index contributed by atoms with van der Waals surface area (Å²) in [6.45, 7) is 2.91. The number of aromatic nitrogens is 2. The summed E-state index contributed by atoms with van der Waals surface area (Å²) in [6, 6.07) is 7.51. The van der Waals surface area contributed by atoms with Crippen molar-refractivity contribution in [3.8, 4) is 0 Å². The fourth-order valence-electron chi connectivity index (χ4n) is 2.00. The first kappa shape index (κ1) is 16.2. The molecule has 1 aromatic heterocycles. The SMILES string of the molecule is CCN(C)c1ccc(C=Cc2[nH]c(=O)[nH]c(=O)c2[N+](=O)[O-])cc1. The van der Waals surface area contributed by atoms with Gasteiger partial charge in [-0.2, -0.15) is 0 Å². The summed E-state index contributed by atoms with van der Waals surface area (Å²) in [4.78, 5) is 39.1. The largest absolute Gasteiger partial charge is 0.375 e. The summed E-state index contributed by atoms with van der Waals surface area (Å²) in [5, 5.41) is 10.9. The maximum Gasteiger partial charge on any atom is 0.357 e. The molecule has 0 unspecified atom stereocenters. The lowest BCUT2D eigenvalue weighted by molar-refractivity contribution is -0.386. The smallest absolute Gasteiger partial charge is 0.357 e. The van der Waals surface area contributed by atoms with Gasteiger partial charge in [0.05, 0.1) is 4.92 Å². The lowest BCUT2D eigenvalue weighted by Crippen LogP contribution is -2.25. The summed E-state index contributed by atoms with van der Waals surface area (Å²) in [5.74, 6) is 0. The Morgan fingerprint density at radius 1 is 1.17 bits per heavy atom. The molecule has 2 N–H and O–H groups in total. The Morgan fingerprint density at radius 2 is 1.83 bits per heavy atom. The minimum atomic E-state index is -1.03. The maximum atomic E-state index is 11.5. The number of hydrogen-bond donors (Lipinski definition) is 2. The minimum absolute atomic E-state index is 0.140. The van der Waals surface area contributed by atoms with Gasteiger partial charge in [-0.25, -0.2) is 4.79 Å². The van der Waals surface area contributed by atoms with E-state index in [4.69, 9.17) is 0 Å². The lowest BCUT2D eigenvalue weighted by atomic mass is 10.1. The molecular formula is C15H16N4O4. The predicted molar refractivity (Wildman–Crippen MR) is 88.7 cm³/mol. The first-order valence-electron chi connectivity index (χ1n) is 6.92. The molecule has 0 aliphatic carbocycles.